The molecule has 17 heavy (non-hydrogen) atoms. The molecule has 6 heteroatoms. The highest BCUT2D eigenvalue weighted by molar-refractivity contribution is 7.92. The zero-order valence-corrected chi connectivity index (χ0v) is 10.1. The number of nitrogens with one attached hydrogen (secondary N) is 1. The Morgan fingerprint density at radius 1 is 1.53 bits per heavy atom. The first-order valence-corrected chi connectivity index (χ1v) is 6.73. The van der Waals surface area contributed by atoms with Gasteiger partial charge in [0.15, 0.2) is 0 Å². The fraction of sp³-hybridized carbons (Fsp3) is 0.273. The van der Waals surface area contributed by atoms with Crippen LogP contribution in [0.15, 0.2) is 12.1 Å². The van der Waals surface area contributed by atoms with E-state index in [1.54, 1.807) is 0 Å². The van der Waals surface area contributed by atoms with Crippen LogP contribution < -0.4 is 10.5 Å². The first kappa shape index (κ1) is 13.5. The highest BCUT2D eigenvalue weighted by Crippen LogP contribution is 2.21. The Bertz CT molecular complexity index is 562. The van der Waals surface area contributed by atoms with Gasteiger partial charge in [0.1, 0.15) is 5.82 Å². The zero-order valence-electron chi connectivity index (χ0n) is 9.33. The molecule has 0 aromatic heterocycles. The number of rotatable bonds is 4. The van der Waals surface area contributed by atoms with E-state index in [1.165, 1.54) is 12.1 Å². The standard InChI is InChI=1S/C11H13FN2O2S/c1-3-8-7-11(14-17(2,15)16)10(12)6-9(8)4-5-13/h1,6-7,14H,4-5,13H2,2H3. The van der Waals surface area contributed by atoms with E-state index in [-0.39, 0.29) is 5.69 Å². The van der Waals surface area contributed by atoms with Crippen molar-refractivity contribution in [2.24, 2.45) is 5.73 Å². The molecule has 92 valence electrons. The molecule has 0 saturated carbocycles. The molecule has 0 unspecified atom stereocenters. The number of sulfonamides is 1. The molecule has 1 aromatic rings. The molecular weight excluding hydrogens is 243 g/mol. The van der Waals surface area contributed by atoms with Gasteiger partial charge in [0.05, 0.1) is 11.9 Å². The van der Waals surface area contributed by atoms with Gasteiger partial charge >= 0.3 is 0 Å². The second kappa shape index (κ2) is 5.17. The lowest BCUT2D eigenvalue weighted by atomic mass is 10.0. The smallest absolute Gasteiger partial charge is 0.229 e. The van der Waals surface area contributed by atoms with Crippen molar-refractivity contribution in [3.8, 4) is 12.3 Å². The molecular formula is C11H13FN2O2S. The summed E-state index contributed by atoms with van der Waals surface area (Å²) in [6, 6.07) is 2.50. The van der Waals surface area contributed by atoms with Crippen LogP contribution in [0.3, 0.4) is 0 Å². The minimum Gasteiger partial charge on any atom is -0.330 e. The topological polar surface area (TPSA) is 72.2 Å². The summed E-state index contributed by atoms with van der Waals surface area (Å²) in [5, 5.41) is 0. The number of hydrogen-bond donors (Lipinski definition) is 2. The van der Waals surface area contributed by atoms with E-state index in [1.807, 2.05) is 0 Å². The Morgan fingerprint density at radius 3 is 2.65 bits per heavy atom. The number of hydrogen-bond acceptors (Lipinski definition) is 3. The summed E-state index contributed by atoms with van der Waals surface area (Å²) >= 11 is 0. The third-order valence-corrected chi connectivity index (χ3v) is 2.65. The van der Waals surface area contributed by atoms with Gasteiger partial charge in [-0.05, 0) is 30.7 Å². The fourth-order valence-electron chi connectivity index (χ4n) is 1.39. The molecule has 0 aliphatic carbocycles. The first-order valence-electron chi connectivity index (χ1n) is 4.84. The average molecular weight is 256 g/mol. The number of nitrogens with two attached hydrogens (primary N) is 1. The second-order valence-electron chi connectivity index (χ2n) is 3.55. The van der Waals surface area contributed by atoms with Gasteiger partial charge < -0.3 is 5.73 Å². The predicted molar refractivity (Wildman–Crippen MR) is 65.6 cm³/mol. The van der Waals surface area contributed by atoms with Crippen LogP contribution in [0.2, 0.25) is 0 Å². The van der Waals surface area contributed by atoms with Crippen molar-refractivity contribution in [2.45, 2.75) is 6.42 Å². The Balaban J connectivity index is 3.23. The largest absolute Gasteiger partial charge is 0.330 e. The van der Waals surface area contributed by atoms with Crippen LogP contribution >= 0.6 is 0 Å². The lowest BCUT2D eigenvalue weighted by molar-refractivity contribution is 0.603. The van der Waals surface area contributed by atoms with E-state index in [9.17, 15) is 12.8 Å². The lowest BCUT2D eigenvalue weighted by Gasteiger charge is -2.09. The van der Waals surface area contributed by atoms with Crippen molar-refractivity contribution >= 4 is 15.7 Å². The number of halogens is 1. The second-order valence-corrected chi connectivity index (χ2v) is 5.29. The predicted octanol–water partition coefficient (Wildman–Crippen LogP) is 0.680. The fourth-order valence-corrected chi connectivity index (χ4v) is 1.95. The molecule has 0 saturated heterocycles. The van der Waals surface area contributed by atoms with E-state index in [0.29, 0.717) is 24.1 Å². The van der Waals surface area contributed by atoms with Gasteiger partial charge in [0.25, 0.3) is 0 Å². The molecule has 0 aliphatic heterocycles. The Morgan fingerprint density at radius 2 is 2.18 bits per heavy atom. The van der Waals surface area contributed by atoms with Crippen molar-refractivity contribution in [3.05, 3.63) is 29.1 Å². The Kier molecular flexibility index (Phi) is 4.10. The first-order chi connectivity index (χ1) is 7.87. The van der Waals surface area contributed by atoms with Crippen LogP contribution in [-0.2, 0) is 16.4 Å². The molecule has 3 N–H and O–H groups in total. The highest BCUT2D eigenvalue weighted by atomic mass is 32.2. The van der Waals surface area contributed by atoms with Gasteiger partial charge in [-0.1, -0.05) is 5.92 Å². The molecule has 0 fully saturated rings. The molecule has 0 heterocycles. The minimum atomic E-state index is -3.53. The maximum Gasteiger partial charge on any atom is 0.229 e. The van der Waals surface area contributed by atoms with Crippen LogP contribution in [0.5, 0.6) is 0 Å². The summed E-state index contributed by atoms with van der Waals surface area (Å²) in [6.07, 6.45) is 6.65. The Labute approximate surface area is 100 Å². The van der Waals surface area contributed by atoms with E-state index in [0.717, 1.165) is 6.26 Å². The molecule has 0 bridgehead atoms. The van der Waals surface area contributed by atoms with Crippen LogP contribution in [0.25, 0.3) is 0 Å². The summed E-state index contributed by atoms with van der Waals surface area (Å²) in [7, 11) is -3.53. The van der Waals surface area contributed by atoms with E-state index in [2.05, 4.69) is 10.6 Å². The van der Waals surface area contributed by atoms with Gasteiger partial charge in [-0.3, -0.25) is 4.72 Å². The summed E-state index contributed by atoms with van der Waals surface area (Å²) < 4.78 is 37.7. The minimum absolute atomic E-state index is 0.152. The number of terminal acetylenes is 1. The van der Waals surface area contributed by atoms with Crippen molar-refractivity contribution in [1.82, 2.24) is 0 Å². The molecule has 0 radical (unpaired) electrons. The van der Waals surface area contributed by atoms with Gasteiger partial charge in [0.2, 0.25) is 10.0 Å². The summed E-state index contributed by atoms with van der Waals surface area (Å²) in [5.41, 5.74) is 6.24. The Hall–Kier alpha value is -1.58. The lowest BCUT2D eigenvalue weighted by Crippen LogP contribution is -2.12. The normalized spacial score (nSPS) is 10.9. The van der Waals surface area contributed by atoms with Gasteiger partial charge in [-0.15, -0.1) is 6.42 Å². The number of anilines is 1. The van der Waals surface area contributed by atoms with Crippen molar-refractivity contribution in [3.63, 3.8) is 0 Å². The summed E-state index contributed by atoms with van der Waals surface area (Å²) in [6.45, 7) is 0.340. The van der Waals surface area contributed by atoms with Crippen molar-refractivity contribution in [1.29, 1.82) is 0 Å². The maximum absolute atomic E-state index is 13.6. The molecule has 0 amide bonds. The van der Waals surface area contributed by atoms with Crippen LogP contribution in [-0.4, -0.2) is 21.2 Å². The van der Waals surface area contributed by atoms with Crippen LogP contribution in [0.4, 0.5) is 10.1 Å². The number of benzene rings is 1. The van der Waals surface area contributed by atoms with Crippen molar-refractivity contribution < 1.29 is 12.8 Å². The van der Waals surface area contributed by atoms with E-state index < -0.39 is 15.8 Å². The molecule has 0 spiro atoms. The third kappa shape index (κ3) is 3.73. The van der Waals surface area contributed by atoms with Gasteiger partial charge in [0, 0.05) is 5.56 Å². The quantitative estimate of drug-likeness (QED) is 0.778. The van der Waals surface area contributed by atoms with Gasteiger partial charge in [-0.2, -0.15) is 0 Å². The highest BCUT2D eigenvalue weighted by Gasteiger charge is 2.11. The molecule has 4 nitrogen and oxygen atoms in total. The molecule has 0 atom stereocenters. The van der Waals surface area contributed by atoms with Crippen LogP contribution in [0.1, 0.15) is 11.1 Å². The van der Waals surface area contributed by atoms with E-state index in [4.69, 9.17) is 12.2 Å². The van der Waals surface area contributed by atoms with Gasteiger partial charge in [-0.25, -0.2) is 12.8 Å². The molecule has 1 aromatic carbocycles. The van der Waals surface area contributed by atoms with Crippen molar-refractivity contribution in [2.75, 3.05) is 17.5 Å². The maximum atomic E-state index is 13.6. The third-order valence-electron chi connectivity index (χ3n) is 2.06. The molecule has 1 rings (SSSR count). The van der Waals surface area contributed by atoms with E-state index >= 15 is 0 Å². The average Bonchev–Trinajstić information content (AvgIpc) is 2.20. The zero-order chi connectivity index (χ0) is 13.1. The monoisotopic (exact) mass is 256 g/mol. The SMILES string of the molecule is C#Cc1cc(NS(C)(=O)=O)c(F)cc1CCN. The van der Waals surface area contributed by atoms with Crippen LogP contribution in [0, 0.1) is 18.2 Å². The summed E-state index contributed by atoms with van der Waals surface area (Å²) in [5.74, 6) is 1.71. The molecule has 0 aliphatic rings. The summed E-state index contributed by atoms with van der Waals surface area (Å²) in [4.78, 5) is 0.